The molecule has 108 valence electrons. The molecule has 1 amide bonds. The Morgan fingerprint density at radius 1 is 1.32 bits per heavy atom. The predicted molar refractivity (Wildman–Crippen MR) is 77.3 cm³/mol. The van der Waals surface area contributed by atoms with E-state index in [1.807, 2.05) is 6.92 Å². The number of halogens is 1. The van der Waals surface area contributed by atoms with Crippen molar-refractivity contribution in [3.8, 4) is 11.5 Å². The zero-order valence-corrected chi connectivity index (χ0v) is 12.3. The van der Waals surface area contributed by atoms with Gasteiger partial charge in [-0.05, 0) is 30.7 Å². The number of rotatable bonds is 6. The van der Waals surface area contributed by atoms with E-state index in [2.05, 4.69) is 5.32 Å². The van der Waals surface area contributed by atoms with Crippen LogP contribution in [0.2, 0.25) is 0 Å². The third kappa shape index (κ3) is 4.96. The third-order valence-electron chi connectivity index (χ3n) is 2.66. The van der Waals surface area contributed by atoms with Crippen LogP contribution in [0.5, 0.6) is 11.5 Å². The molecule has 1 aromatic rings. The third-order valence-corrected chi connectivity index (χ3v) is 2.66. The van der Waals surface area contributed by atoms with Gasteiger partial charge in [-0.15, -0.1) is 12.4 Å². The van der Waals surface area contributed by atoms with Gasteiger partial charge in [0.2, 0.25) is 0 Å². The summed E-state index contributed by atoms with van der Waals surface area (Å²) in [5, 5.41) is 2.82. The molecule has 6 heteroatoms. The van der Waals surface area contributed by atoms with E-state index in [-0.39, 0.29) is 24.2 Å². The summed E-state index contributed by atoms with van der Waals surface area (Å²) in [5.74, 6) is 1.26. The summed E-state index contributed by atoms with van der Waals surface area (Å²) in [6.45, 7) is 3.09. The molecule has 0 aromatic heterocycles. The van der Waals surface area contributed by atoms with E-state index in [9.17, 15) is 4.79 Å². The maximum Gasteiger partial charge on any atom is 0.251 e. The summed E-state index contributed by atoms with van der Waals surface area (Å²) in [6.07, 6.45) is 0. The van der Waals surface area contributed by atoms with Gasteiger partial charge in [0.1, 0.15) is 0 Å². The second-order valence-corrected chi connectivity index (χ2v) is 4.12. The highest BCUT2D eigenvalue weighted by atomic mass is 35.5. The fourth-order valence-electron chi connectivity index (χ4n) is 1.43. The SMILES string of the molecule is COc1ccc(C(=O)NCC(C)CN)cc1OC.Cl. The minimum Gasteiger partial charge on any atom is -0.493 e. The maximum atomic E-state index is 11.9. The highest BCUT2D eigenvalue weighted by Gasteiger charge is 2.11. The molecule has 0 fully saturated rings. The quantitative estimate of drug-likeness (QED) is 0.831. The van der Waals surface area contributed by atoms with Crippen molar-refractivity contribution in [2.45, 2.75) is 6.92 Å². The van der Waals surface area contributed by atoms with Crippen molar-refractivity contribution in [1.82, 2.24) is 5.32 Å². The number of nitrogens with two attached hydrogens (primary N) is 1. The Labute approximate surface area is 119 Å². The molecule has 0 saturated heterocycles. The van der Waals surface area contributed by atoms with E-state index in [0.717, 1.165) is 0 Å². The first-order chi connectivity index (χ1) is 8.62. The molecule has 1 aromatic carbocycles. The van der Waals surface area contributed by atoms with E-state index in [0.29, 0.717) is 30.2 Å². The highest BCUT2D eigenvalue weighted by molar-refractivity contribution is 5.94. The molecule has 0 saturated carbocycles. The maximum absolute atomic E-state index is 11.9. The van der Waals surface area contributed by atoms with Crippen LogP contribution in [0.3, 0.4) is 0 Å². The first kappa shape index (κ1) is 17.5. The number of hydrogen-bond donors (Lipinski definition) is 2. The van der Waals surface area contributed by atoms with Crippen molar-refractivity contribution < 1.29 is 14.3 Å². The molecule has 0 aliphatic rings. The molecular formula is C13H21ClN2O3. The van der Waals surface area contributed by atoms with Gasteiger partial charge >= 0.3 is 0 Å². The van der Waals surface area contributed by atoms with Crippen molar-refractivity contribution in [2.24, 2.45) is 11.7 Å². The molecule has 0 heterocycles. The molecule has 3 N–H and O–H groups in total. The van der Waals surface area contributed by atoms with E-state index < -0.39 is 0 Å². The van der Waals surface area contributed by atoms with E-state index in [1.165, 1.54) is 7.11 Å². The topological polar surface area (TPSA) is 73.6 Å². The normalized spacial score (nSPS) is 11.2. The minimum absolute atomic E-state index is 0. The molecule has 1 atom stereocenters. The molecule has 1 unspecified atom stereocenters. The molecule has 1 rings (SSSR count). The Morgan fingerprint density at radius 2 is 1.95 bits per heavy atom. The van der Waals surface area contributed by atoms with Crippen LogP contribution in [0.15, 0.2) is 18.2 Å². The average molecular weight is 289 g/mol. The number of hydrogen-bond acceptors (Lipinski definition) is 4. The molecule has 0 aliphatic heterocycles. The number of methoxy groups -OCH3 is 2. The van der Waals surface area contributed by atoms with Crippen LogP contribution in [0, 0.1) is 5.92 Å². The number of carbonyl (C=O) groups is 1. The van der Waals surface area contributed by atoms with Crippen molar-refractivity contribution >= 4 is 18.3 Å². The van der Waals surface area contributed by atoms with E-state index >= 15 is 0 Å². The Bertz CT molecular complexity index is 413. The second kappa shape index (κ2) is 8.61. The minimum atomic E-state index is -0.142. The van der Waals surface area contributed by atoms with Crippen molar-refractivity contribution in [3.63, 3.8) is 0 Å². The van der Waals surface area contributed by atoms with Gasteiger partial charge in [0.05, 0.1) is 14.2 Å². The lowest BCUT2D eigenvalue weighted by Gasteiger charge is -2.12. The Balaban J connectivity index is 0.00000324. The van der Waals surface area contributed by atoms with Gasteiger partial charge in [0, 0.05) is 12.1 Å². The highest BCUT2D eigenvalue weighted by Crippen LogP contribution is 2.27. The molecule has 0 aliphatic carbocycles. The summed E-state index contributed by atoms with van der Waals surface area (Å²) in [7, 11) is 3.09. The number of ether oxygens (including phenoxy) is 2. The van der Waals surface area contributed by atoms with Crippen LogP contribution < -0.4 is 20.5 Å². The van der Waals surface area contributed by atoms with Crippen LogP contribution in [0.1, 0.15) is 17.3 Å². The molecule has 5 nitrogen and oxygen atoms in total. The summed E-state index contributed by atoms with van der Waals surface area (Å²) in [5.41, 5.74) is 6.03. The number of carbonyl (C=O) groups excluding carboxylic acids is 1. The van der Waals surface area contributed by atoms with Gasteiger partial charge in [-0.2, -0.15) is 0 Å². The fourth-order valence-corrected chi connectivity index (χ4v) is 1.43. The Kier molecular flexibility index (Phi) is 7.95. The standard InChI is InChI=1S/C13H20N2O3.ClH/c1-9(7-14)8-15-13(16)10-4-5-11(17-2)12(6-10)18-3;/h4-6,9H,7-8,14H2,1-3H3,(H,15,16);1H. The molecule has 0 radical (unpaired) electrons. The van der Waals surface area contributed by atoms with Crippen LogP contribution >= 0.6 is 12.4 Å². The summed E-state index contributed by atoms with van der Waals surface area (Å²) >= 11 is 0. The van der Waals surface area contributed by atoms with Crippen LogP contribution in [-0.2, 0) is 0 Å². The van der Waals surface area contributed by atoms with Gasteiger partial charge in [0.25, 0.3) is 5.91 Å². The second-order valence-electron chi connectivity index (χ2n) is 4.12. The van der Waals surface area contributed by atoms with Gasteiger partial charge in [0.15, 0.2) is 11.5 Å². The van der Waals surface area contributed by atoms with Gasteiger partial charge < -0.3 is 20.5 Å². The van der Waals surface area contributed by atoms with Crippen LogP contribution in [0.25, 0.3) is 0 Å². The van der Waals surface area contributed by atoms with Gasteiger partial charge in [-0.1, -0.05) is 6.92 Å². The zero-order chi connectivity index (χ0) is 13.5. The number of benzene rings is 1. The molecule has 0 spiro atoms. The first-order valence-corrected chi connectivity index (χ1v) is 5.82. The van der Waals surface area contributed by atoms with Crippen LogP contribution in [-0.4, -0.2) is 33.2 Å². The lowest BCUT2D eigenvalue weighted by atomic mass is 10.1. The fraction of sp³-hybridized carbons (Fsp3) is 0.462. The lowest BCUT2D eigenvalue weighted by Crippen LogP contribution is -2.31. The van der Waals surface area contributed by atoms with E-state index in [4.69, 9.17) is 15.2 Å². The largest absolute Gasteiger partial charge is 0.493 e. The van der Waals surface area contributed by atoms with Crippen molar-refractivity contribution in [1.29, 1.82) is 0 Å². The lowest BCUT2D eigenvalue weighted by molar-refractivity contribution is 0.0948. The smallest absolute Gasteiger partial charge is 0.251 e. The van der Waals surface area contributed by atoms with Crippen LogP contribution in [0.4, 0.5) is 0 Å². The monoisotopic (exact) mass is 288 g/mol. The van der Waals surface area contributed by atoms with Gasteiger partial charge in [-0.25, -0.2) is 0 Å². The average Bonchev–Trinajstić information content (AvgIpc) is 2.43. The molecule has 0 bridgehead atoms. The van der Waals surface area contributed by atoms with Gasteiger partial charge in [-0.3, -0.25) is 4.79 Å². The number of nitrogens with one attached hydrogen (secondary N) is 1. The predicted octanol–water partition coefficient (Wildman–Crippen LogP) is 1.45. The van der Waals surface area contributed by atoms with Crippen molar-refractivity contribution in [2.75, 3.05) is 27.3 Å². The Morgan fingerprint density at radius 3 is 2.47 bits per heavy atom. The summed E-state index contributed by atoms with van der Waals surface area (Å²) < 4.78 is 10.3. The molecular weight excluding hydrogens is 268 g/mol. The zero-order valence-electron chi connectivity index (χ0n) is 11.4. The molecule has 19 heavy (non-hydrogen) atoms. The summed E-state index contributed by atoms with van der Waals surface area (Å²) in [4.78, 5) is 11.9. The Hall–Kier alpha value is -1.46. The van der Waals surface area contributed by atoms with E-state index in [1.54, 1.807) is 25.3 Å². The first-order valence-electron chi connectivity index (χ1n) is 5.82. The summed E-state index contributed by atoms with van der Waals surface area (Å²) in [6, 6.07) is 5.06. The van der Waals surface area contributed by atoms with Crippen molar-refractivity contribution in [3.05, 3.63) is 23.8 Å². The number of amides is 1.